The molecule has 4 aromatic rings. The lowest BCUT2D eigenvalue weighted by Crippen LogP contribution is -2.11. The maximum absolute atomic E-state index is 6.04. The van der Waals surface area contributed by atoms with Crippen LogP contribution in [0.2, 0.25) is 5.02 Å². The summed E-state index contributed by atoms with van der Waals surface area (Å²) in [5.41, 5.74) is 3.93. The molecule has 27 heavy (non-hydrogen) atoms. The molecule has 1 heterocycles. The van der Waals surface area contributed by atoms with Gasteiger partial charge in [0, 0.05) is 16.0 Å². The molecule has 5 heteroatoms. The van der Waals surface area contributed by atoms with Crippen molar-refractivity contribution in [2.75, 3.05) is 0 Å². The summed E-state index contributed by atoms with van der Waals surface area (Å²) >= 11 is 7.60. The second-order valence-electron chi connectivity index (χ2n) is 5.82. The van der Waals surface area contributed by atoms with E-state index < -0.39 is 0 Å². The number of halogens is 1. The highest BCUT2D eigenvalue weighted by molar-refractivity contribution is 7.07. The number of aromatic nitrogens is 1. The SMILES string of the molecule is Clc1ccc(-c2csc(=Nc3ccccc3)n2/N=C/c2ccccc2)cc1. The minimum atomic E-state index is 0.711. The zero-order valence-corrected chi connectivity index (χ0v) is 15.9. The van der Waals surface area contributed by atoms with Gasteiger partial charge in [-0.1, -0.05) is 72.3 Å². The molecule has 0 aliphatic rings. The Morgan fingerprint density at radius 1 is 0.815 bits per heavy atom. The summed E-state index contributed by atoms with van der Waals surface area (Å²) in [6.45, 7) is 0. The van der Waals surface area contributed by atoms with Gasteiger partial charge >= 0.3 is 0 Å². The third-order valence-electron chi connectivity index (χ3n) is 3.93. The van der Waals surface area contributed by atoms with Crippen LogP contribution in [0.3, 0.4) is 0 Å². The van der Waals surface area contributed by atoms with Gasteiger partial charge in [-0.05, 0) is 29.8 Å². The van der Waals surface area contributed by atoms with Crippen LogP contribution in [0.25, 0.3) is 11.3 Å². The molecule has 0 radical (unpaired) electrons. The Morgan fingerprint density at radius 3 is 2.19 bits per heavy atom. The van der Waals surface area contributed by atoms with Crippen molar-refractivity contribution in [2.24, 2.45) is 10.1 Å². The molecule has 3 aromatic carbocycles. The largest absolute Gasteiger partial charge is 0.220 e. The van der Waals surface area contributed by atoms with Gasteiger partial charge in [-0.3, -0.25) is 0 Å². The molecule has 0 unspecified atom stereocenters. The summed E-state index contributed by atoms with van der Waals surface area (Å²) in [6, 6.07) is 27.7. The fraction of sp³-hybridized carbons (Fsp3) is 0. The lowest BCUT2D eigenvalue weighted by molar-refractivity contribution is 0.855. The zero-order valence-electron chi connectivity index (χ0n) is 14.4. The molecule has 0 aliphatic heterocycles. The molecule has 0 saturated carbocycles. The third-order valence-corrected chi connectivity index (χ3v) is 5.00. The van der Waals surface area contributed by atoms with Crippen LogP contribution in [0.5, 0.6) is 0 Å². The molecule has 0 bridgehead atoms. The molecule has 0 atom stereocenters. The van der Waals surface area contributed by atoms with Crippen molar-refractivity contribution in [2.45, 2.75) is 0 Å². The smallest absolute Gasteiger partial charge is 0.211 e. The van der Waals surface area contributed by atoms with Crippen LogP contribution in [-0.4, -0.2) is 10.9 Å². The van der Waals surface area contributed by atoms with E-state index in [2.05, 4.69) is 5.38 Å². The van der Waals surface area contributed by atoms with E-state index in [9.17, 15) is 0 Å². The number of benzene rings is 3. The van der Waals surface area contributed by atoms with Gasteiger partial charge in [-0.2, -0.15) is 5.10 Å². The minimum Gasteiger partial charge on any atom is -0.220 e. The first-order chi connectivity index (χ1) is 13.3. The summed E-state index contributed by atoms with van der Waals surface area (Å²) < 4.78 is 1.87. The van der Waals surface area contributed by atoms with E-state index in [1.165, 1.54) is 0 Å². The van der Waals surface area contributed by atoms with E-state index in [-0.39, 0.29) is 0 Å². The van der Waals surface area contributed by atoms with Crippen LogP contribution in [0.15, 0.2) is 100 Å². The topological polar surface area (TPSA) is 29.6 Å². The summed E-state index contributed by atoms with van der Waals surface area (Å²) in [5, 5.41) is 7.48. The Labute approximate surface area is 166 Å². The van der Waals surface area contributed by atoms with E-state index in [1.807, 2.05) is 95.8 Å². The van der Waals surface area contributed by atoms with Crippen molar-refractivity contribution in [3.63, 3.8) is 0 Å². The fourth-order valence-electron chi connectivity index (χ4n) is 2.58. The molecule has 1 aromatic heterocycles. The normalized spacial score (nSPS) is 12.0. The van der Waals surface area contributed by atoms with Crippen LogP contribution in [0.4, 0.5) is 5.69 Å². The summed E-state index contributed by atoms with van der Waals surface area (Å²) in [5.74, 6) is 0. The van der Waals surface area contributed by atoms with Gasteiger partial charge in [0.1, 0.15) is 0 Å². The molecule has 3 nitrogen and oxygen atoms in total. The van der Waals surface area contributed by atoms with Gasteiger partial charge in [0.25, 0.3) is 0 Å². The molecule has 0 spiro atoms. The van der Waals surface area contributed by atoms with Crippen LogP contribution in [0.1, 0.15) is 5.56 Å². The number of thiazole rings is 1. The maximum atomic E-state index is 6.04. The number of hydrogen-bond donors (Lipinski definition) is 0. The van der Waals surface area contributed by atoms with E-state index in [0.29, 0.717) is 5.02 Å². The van der Waals surface area contributed by atoms with Gasteiger partial charge in [-0.15, -0.1) is 11.3 Å². The summed E-state index contributed by atoms with van der Waals surface area (Å²) in [4.78, 5) is 5.56. The summed E-state index contributed by atoms with van der Waals surface area (Å²) in [7, 11) is 0. The molecule has 0 amide bonds. The first-order valence-corrected chi connectivity index (χ1v) is 9.71. The molecular formula is C22H16ClN3S. The monoisotopic (exact) mass is 389 g/mol. The van der Waals surface area contributed by atoms with E-state index in [1.54, 1.807) is 11.3 Å². The number of hydrogen-bond acceptors (Lipinski definition) is 3. The van der Waals surface area contributed by atoms with Crippen molar-refractivity contribution in [1.29, 1.82) is 0 Å². The molecule has 0 N–H and O–H groups in total. The fourth-order valence-corrected chi connectivity index (χ4v) is 3.57. The van der Waals surface area contributed by atoms with E-state index in [4.69, 9.17) is 21.7 Å². The van der Waals surface area contributed by atoms with Crippen LogP contribution in [0, 0.1) is 0 Å². The first-order valence-electron chi connectivity index (χ1n) is 8.45. The molecular weight excluding hydrogens is 374 g/mol. The highest BCUT2D eigenvalue weighted by Gasteiger charge is 2.07. The van der Waals surface area contributed by atoms with Crippen molar-refractivity contribution < 1.29 is 0 Å². The Hall–Kier alpha value is -2.95. The Balaban J connectivity index is 1.84. The average molecular weight is 390 g/mol. The third kappa shape index (κ3) is 4.25. The molecule has 4 rings (SSSR count). The van der Waals surface area contributed by atoms with Gasteiger partial charge in [0.15, 0.2) is 0 Å². The van der Waals surface area contributed by atoms with Gasteiger partial charge in [-0.25, -0.2) is 9.67 Å². The summed E-state index contributed by atoms with van der Waals surface area (Å²) in [6.07, 6.45) is 1.84. The van der Waals surface area contributed by atoms with Gasteiger partial charge in [0.05, 0.1) is 17.6 Å². The quantitative estimate of drug-likeness (QED) is 0.384. The second kappa shape index (κ2) is 8.16. The van der Waals surface area contributed by atoms with Gasteiger partial charge in [0.2, 0.25) is 4.80 Å². The molecule has 0 fully saturated rings. The average Bonchev–Trinajstić information content (AvgIpc) is 3.11. The van der Waals surface area contributed by atoms with E-state index in [0.717, 1.165) is 27.3 Å². The maximum Gasteiger partial charge on any atom is 0.211 e. The number of rotatable bonds is 4. The molecule has 0 saturated heterocycles. The van der Waals surface area contributed by atoms with E-state index >= 15 is 0 Å². The number of para-hydroxylation sites is 1. The van der Waals surface area contributed by atoms with Crippen molar-refractivity contribution in [3.05, 3.63) is 106 Å². The predicted molar refractivity (Wildman–Crippen MR) is 114 cm³/mol. The standard InChI is InChI=1S/C22H16ClN3S/c23-19-13-11-18(12-14-19)21-16-27-22(25-20-9-5-2-6-10-20)26(21)24-15-17-7-3-1-4-8-17/h1-16H/b24-15+,25-22?. The zero-order chi connectivity index (χ0) is 18.5. The lowest BCUT2D eigenvalue weighted by Gasteiger charge is -2.04. The highest BCUT2D eigenvalue weighted by atomic mass is 35.5. The van der Waals surface area contributed by atoms with Crippen LogP contribution in [-0.2, 0) is 0 Å². The highest BCUT2D eigenvalue weighted by Crippen LogP contribution is 2.22. The van der Waals surface area contributed by atoms with Crippen LogP contribution < -0.4 is 4.80 Å². The lowest BCUT2D eigenvalue weighted by atomic mass is 10.2. The Bertz CT molecular complexity index is 1110. The Kier molecular flexibility index (Phi) is 5.28. The predicted octanol–water partition coefficient (Wildman–Crippen LogP) is 5.98. The molecule has 132 valence electrons. The van der Waals surface area contributed by atoms with Crippen molar-refractivity contribution >= 4 is 34.8 Å². The van der Waals surface area contributed by atoms with Crippen molar-refractivity contribution in [3.8, 4) is 11.3 Å². The van der Waals surface area contributed by atoms with Gasteiger partial charge < -0.3 is 0 Å². The van der Waals surface area contributed by atoms with Crippen LogP contribution >= 0.6 is 22.9 Å². The Morgan fingerprint density at radius 2 is 1.48 bits per heavy atom. The minimum absolute atomic E-state index is 0.711. The number of nitrogens with zero attached hydrogens (tertiary/aromatic N) is 3. The van der Waals surface area contributed by atoms with Crippen molar-refractivity contribution in [1.82, 2.24) is 4.68 Å². The second-order valence-corrected chi connectivity index (χ2v) is 7.10. The first kappa shape index (κ1) is 17.5. The molecule has 0 aliphatic carbocycles.